The molecule has 0 spiro atoms. The molecule has 1 aliphatic rings. The monoisotopic (exact) mass is 319 g/mol. The third-order valence-corrected chi connectivity index (χ3v) is 5.09. The van der Waals surface area contributed by atoms with Crippen molar-refractivity contribution in [1.82, 2.24) is 14.3 Å². The maximum Gasteiger partial charge on any atom is 0.325 e. The Morgan fingerprint density at radius 2 is 2.14 bits per heavy atom. The first-order valence-electron chi connectivity index (χ1n) is 5.87. The summed E-state index contributed by atoms with van der Waals surface area (Å²) in [6, 6.07) is -1.33. The molecule has 21 heavy (non-hydrogen) atoms. The van der Waals surface area contributed by atoms with Crippen molar-refractivity contribution in [2.24, 2.45) is 0 Å². The van der Waals surface area contributed by atoms with Crippen LogP contribution in [-0.4, -0.2) is 59.6 Å². The van der Waals surface area contributed by atoms with E-state index in [0.717, 1.165) is 6.20 Å². The van der Waals surface area contributed by atoms with Crippen LogP contribution in [0, 0.1) is 0 Å². The van der Waals surface area contributed by atoms with Gasteiger partial charge in [0.2, 0.25) is 0 Å². The third-order valence-electron chi connectivity index (χ3n) is 3.21. The van der Waals surface area contributed by atoms with Crippen molar-refractivity contribution in [1.29, 1.82) is 0 Å². The lowest BCUT2D eigenvalue weighted by Crippen LogP contribution is -2.43. The van der Waals surface area contributed by atoms with Gasteiger partial charge in [-0.15, -0.1) is 0 Å². The zero-order valence-corrected chi connectivity index (χ0v) is 11.7. The lowest BCUT2D eigenvalue weighted by molar-refractivity contribution is -0.140. The molecule has 1 saturated heterocycles. The highest BCUT2D eigenvalue weighted by Crippen LogP contribution is 2.26. The minimum atomic E-state index is -4.36. The number of hydrogen-bond donors (Lipinski definition) is 3. The van der Waals surface area contributed by atoms with E-state index >= 15 is 0 Å². The molecule has 1 aromatic heterocycles. The number of nitrogens with one attached hydrogen (secondary N) is 2. The molecule has 11 heteroatoms. The van der Waals surface area contributed by atoms with Crippen LogP contribution in [0.1, 0.15) is 6.42 Å². The topological polar surface area (TPSA) is 150 Å². The van der Waals surface area contributed by atoms with E-state index in [0.29, 0.717) is 4.31 Å². The largest absolute Gasteiger partial charge is 0.480 e. The van der Waals surface area contributed by atoms with Crippen LogP contribution in [0.15, 0.2) is 20.7 Å². The summed E-state index contributed by atoms with van der Waals surface area (Å²) in [5.41, 5.74) is -1.96. The second kappa shape index (κ2) is 5.42. The number of carbonyl (C=O) groups is 1. The van der Waals surface area contributed by atoms with E-state index in [-0.39, 0.29) is 13.0 Å². The van der Waals surface area contributed by atoms with Gasteiger partial charge in [-0.1, -0.05) is 0 Å². The van der Waals surface area contributed by atoms with Gasteiger partial charge in [-0.3, -0.25) is 14.6 Å². The Balaban J connectivity index is 2.49. The Labute approximate surface area is 118 Å². The molecule has 2 heterocycles. The molecular weight excluding hydrogens is 306 g/mol. The van der Waals surface area contributed by atoms with Gasteiger partial charge in [0.15, 0.2) is 4.90 Å². The summed E-state index contributed by atoms with van der Waals surface area (Å²) in [6.07, 6.45) is 0.143. The smallest absolute Gasteiger partial charge is 0.325 e. The molecule has 116 valence electrons. The molecule has 0 bridgehead atoms. The quantitative estimate of drug-likeness (QED) is 0.576. The van der Waals surface area contributed by atoms with E-state index in [2.05, 4.69) is 0 Å². The highest BCUT2D eigenvalue weighted by Gasteiger charge is 2.45. The van der Waals surface area contributed by atoms with Gasteiger partial charge in [0.05, 0.1) is 6.10 Å². The van der Waals surface area contributed by atoms with E-state index in [9.17, 15) is 22.8 Å². The van der Waals surface area contributed by atoms with Crippen LogP contribution in [0.3, 0.4) is 0 Å². The van der Waals surface area contributed by atoms with Gasteiger partial charge in [-0.25, -0.2) is 13.2 Å². The Morgan fingerprint density at radius 3 is 2.67 bits per heavy atom. The number of nitrogens with zero attached hydrogens (tertiary/aromatic N) is 1. The maximum absolute atomic E-state index is 12.4. The van der Waals surface area contributed by atoms with Gasteiger partial charge in [-0.2, -0.15) is 4.31 Å². The van der Waals surface area contributed by atoms with Crippen molar-refractivity contribution in [3.8, 4) is 0 Å². The molecule has 2 atom stereocenters. The van der Waals surface area contributed by atoms with Crippen molar-refractivity contribution in [3.05, 3.63) is 27.0 Å². The molecule has 0 amide bonds. The number of aromatic amines is 2. The first-order chi connectivity index (χ1) is 9.77. The number of sulfonamides is 1. The molecule has 10 nitrogen and oxygen atoms in total. The van der Waals surface area contributed by atoms with E-state index in [4.69, 9.17) is 9.84 Å². The number of hydrogen-bond acceptors (Lipinski definition) is 6. The fourth-order valence-electron chi connectivity index (χ4n) is 2.14. The summed E-state index contributed by atoms with van der Waals surface area (Å²) in [4.78, 5) is 36.8. The molecule has 0 saturated carbocycles. The SMILES string of the molecule is COC1CC(C(=O)O)N(S(=O)(=O)c2c[nH]c(=O)[nH]c2=O)C1. The summed E-state index contributed by atoms with van der Waals surface area (Å²) in [6.45, 7) is -0.186. The van der Waals surface area contributed by atoms with Gasteiger partial charge in [0.1, 0.15) is 6.04 Å². The molecule has 2 rings (SSSR count). The zero-order chi connectivity index (χ0) is 15.8. The normalized spacial score (nSPS) is 23.3. The van der Waals surface area contributed by atoms with E-state index < -0.39 is 44.3 Å². The predicted octanol–water partition coefficient (Wildman–Crippen LogP) is -2.07. The Hall–Kier alpha value is -1.98. The van der Waals surface area contributed by atoms with Gasteiger partial charge < -0.3 is 14.8 Å². The highest BCUT2D eigenvalue weighted by atomic mass is 32.2. The summed E-state index contributed by atoms with van der Waals surface area (Å²) in [5, 5.41) is 9.12. The van der Waals surface area contributed by atoms with Gasteiger partial charge >= 0.3 is 11.7 Å². The lowest BCUT2D eigenvalue weighted by atomic mass is 10.2. The molecule has 1 aliphatic heterocycles. The number of rotatable bonds is 4. The first-order valence-corrected chi connectivity index (χ1v) is 7.31. The lowest BCUT2D eigenvalue weighted by Gasteiger charge is -2.19. The second-order valence-electron chi connectivity index (χ2n) is 4.46. The fraction of sp³-hybridized carbons (Fsp3) is 0.500. The molecule has 0 aromatic carbocycles. The number of carboxylic acids is 1. The van der Waals surface area contributed by atoms with Crippen LogP contribution >= 0.6 is 0 Å². The minimum Gasteiger partial charge on any atom is -0.480 e. The van der Waals surface area contributed by atoms with Crippen molar-refractivity contribution in [3.63, 3.8) is 0 Å². The molecular formula is C10H13N3O7S. The fourth-order valence-corrected chi connectivity index (χ4v) is 3.76. The average molecular weight is 319 g/mol. The first kappa shape index (κ1) is 15.4. The highest BCUT2D eigenvalue weighted by molar-refractivity contribution is 7.89. The van der Waals surface area contributed by atoms with Crippen molar-refractivity contribution >= 4 is 16.0 Å². The molecule has 0 radical (unpaired) electrons. The second-order valence-corrected chi connectivity index (χ2v) is 6.32. The standard InChI is InChI=1S/C10H13N3O7S/c1-20-5-2-6(9(15)16)13(4-5)21(18,19)7-3-11-10(17)12-8(7)14/h3,5-6H,2,4H2,1H3,(H,15,16)(H2,11,12,14,17). The van der Waals surface area contributed by atoms with E-state index in [1.54, 1.807) is 4.98 Å². The van der Waals surface area contributed by atoms with Crippen molar-refractivity contribution in [2.45, 2.75) is 23.5 Å². The van der Waals surface area contributed by atoms with Crippen LogP contribution < -0.4 is 11.2 Å². The zero-order valence-electron chi connectivity index (χ0n) is 10.9. The van der Waals surface area contributed by atoms with Crippen molar-refractivity contribution in [2.75, 3.05) is 13.7 Å². The number of aromatic nitrogens is 2. The molecule has 1 aromatic rings. The molecule has 0 aliphatic carbocycles. The van der Waals surface area contributed by atoms with E-state index in [1.165, 1.54) is 7.11 Å². The average Bonchev–Trinajstić information content (AvgIpc) is 2.83. The molecule has 3 N–H and O–H groups in total. The summed E-state index contributed by atoms with van der Waals surface area (Å²) in [7, 11) is -3.02. The van der Waals surface area contributed by atoms with Crippen LogP contribution in [-0.2, 0) is 19.6 Å². The van der Waals surface area contributed by atoms with Crippen LogP contribution in [0.2, 0.25) is 0 Å². The van der Waals surface area contributed by atoms with Crippen molar-refractivity contribution < 1.29 is 23.1 Å². The maximum atomic E-state index is 12.4. The van der Waals surface area contributed by atoms with Gasteiger partial charge in [0.25, 0.3) is 15.6 Å². The molecule has 2 unspecified atom stereocenters. The van der Waals surface area contributed by atoms with Crippen LogP contribution in [0.4, 0.5) is 0 Å². The van der Waals surface area contributed by atoms with Crippen LogP contribution in [0.25, 0.3) is 0 Å². The third kappa shape index (κ3) is 2.75. The van der Waals surface area contributed by atoms with E-state index in [1.807, 2.05) is 4.98 Å². The molecule has 1 fully saturated rings. The summed E-state index contributed by atoms with van der Waals surface area (Å²) in [5.74, 6) is -1.33. The number of H-pyrrole nitrogens is 2. The minimum absolute atomic E-state index is 0.0215. The Bertz CT molecular complexity index is 765. The predicted molar refractivity (Wildman–Crippen MR) is 68.4 cm³/mol. The summed E-state index contributed by atoms with van der Waals surface area (Å²) >= 11 is 0. The number of methoxy groups -OCH3 is 1. The number of aliphatic carboxylic acids is 1. The summed E-state index contributed by atoms with van der Waals surface area (Å²) < 4.78 is 30.5. The van der Waals surface area contributed by atoms with Gasteiger partial charge in [0, 0.05) is 26.3 Å². The van der Waals surface area contributed by atoms with Crippen LogP contribution in [0.5, 0.6) is 0 Å². The Kier molecular flexibility index (Phi) is 3.98. The Morgan fingerprint density at radius 1 is 1.48 bits per heavy atom. The van der Waals surface area contributed by atoms with Gasteiger partial charge in [-0.05, 0) is 0 Å². The number of ether oxygens (including phenoxy) is 1. The number of carboxylic acid groups (broad SMARTS) is 1.